The summed E-state index contributed by atoms with van der Waals surface area (Å²) in [4.78, 5) is 3.98. The van der Waals surface area contributed by atoms with Gasteiger partial charge < -0.3 is 0 Å². The number of benzene rings is 1. The predicted octanol–water partition coefficient (Wildman–Crippen LogP) is 3.02. The van der Waals surface area contributed by atoms with E-state index < -0.39 is 0 Å². The van der Waals surface area contributed by atoms with Crippen LogP contribution in [0.3, 0.4) is 0 Å². The van der Waals surface area contributed by atoms with Gasteiger partial charge in [0.1, 0.15) is 0 Å². The van der Waals surface area contributed by atoms with E-state index in [1.807, 2.05) is 42.1 Å². The van der Waals surface area contributed by atoms with Crippen LogP contribution in [0.15, 0.2) is 59.5 Å². The van der Waals surface area contributed by atoms with E-state index in [0.717, 1.165) is 17.8 Å². The fourth-order valence-corrected chi connectivity index (χ4v) is 1.69. The molecule has 3 nitrogen and oxygen atoms in total. The molecule has 3 heteroatoms. The van der Waals surface area contributed by atoms with Gasteiger partial charge in [0.2, 0.25) is 0 Å². The van der Waals surface area contributed by atoms with Crippen LogP contribution >= 0.6 is 0 Å². The second-order valence-corrected chi connectivity index (χ2v) is 3.74. The third-order valence-electron chi connectivity index (χ3n) is 2.60. The molecule has 2 aromatic rings. The predicted molar refractivity (Wildman–Crippen MR) is 70.6 cm³/mol. The maximum absolute atomic E-state index is 4.21. The lowest BCUT2D eigenvalue weighted by atomic mass is 10.1. The zero-order valence-electron chi connectivity index (χ0n) is 9.87. The normalized spacial score (nSPS) is 11.5. The van der Waals surface area contributed by atoms with Crippen molar-refractivity contribution in [2.75, 3.05) is 0 Å². The van der Waals surface area contributed by atoms with Gasteiger partial charge in [-0.1, -0.05) is 18.2 Å². The van der Waals surface area contributed by atoms with Gasteiger partial charge >= 0.3 is 0 Å². The number of allylic oxidation sites excluding steroid dienone is 2. The Morgan fingerprint density at radius 3 is 3.00 bits per heavy atom. The van der Waals surface area contributed by atoms with Crippen molar-refractivity contribution in [3.63, 3.8) is 0 Å². The van der Waals surface area contributed by atoms with Gasteiger partial charge in [-0.3, -0.25) is 4.99 Å². The van der Waals surface area contributed by atoms with Crippen LogP contribution in [0.5, 0.6) is 0 Å². The van der Waals surface area contributed by atoms with Crippen molar-refractivity contribution < 1.29 is 0 Å². The number of hydrogen-bond donors (Lipinski definition) is 0. The second kappa shape index (κ2) is 5.25. The molecule has 0 atom stereocenters. The number of aromatic nitrogens is 2. The summed E-state index contributed by atoms with van der Waals surface area (Å²) in [7, 11) is 0. The van der Waals surface area contributed by atoms with Crippen LogP contribution in [0, 0.1) is 0 Å². The molecule has 0 radical (unpaired) electrons. The number of aliphatic imine (C=N–C) groups is 1. The third kappa shape index (κ3) is 2.69. The first-order valence-corrected chi connectivity index (χ1v) is 5.54. The van der Waals surface area contributed by atoms with E-state index >= 15 is 0 Å². The molecule has 0 spiro atoms. The van der Waals surface area contributed by atoms with Crippen LogP contribution in [0.25, 0.3) is 5.69 Å². The molecule has 0 bridgehead atoms. The number of hydrogen-bond acceptors (Lipinski definition) is 2. The number of nitrogens with zero attached hydrogens (tertiary/aromatic N) is 3. The van der Waals surface area contributed by atoms with Crippen LogP contribution in [-0.2, 0) is 6.42 Å². The van der Waals surface area contributed by atoms with Gasteiger partial charge in [-0.25, -0.2) is 4.68 Å². The third-order valence-corrected chi connectivity index (χ3v) is 2.60. The summed E-state index contributed by atoms with van der Waals surface area (Å²) in [6.07, 6.45) is 6.49. The molecular formula is C14H15N3. The molecule has 0 aliphatic carbocycles. The SMILES string of the molecule is C=N/C(=C\C)Cc1cccc(-n2cccn2)c1. The summed E-state index contributed by atoms with van der Waals surface area (Å²) in [5, 5.41) is 4.21. The smallest absolute Gasteiger partial charge is 0.0648 e. The Bertz CT molecular complexity index is 524. The van der Waals surface area contributed by atoms with E-state index in [0.29, 0.717) is 0 Å². The molecule has 1 heterocycles. The van der Waals surface area contributed by atoms with Gasteiger partial charge in [-0.2, -0.15) is 5.10 Å². The van der Waals surface area contributed by atoms with Gasteiger partial charge in [-0.15, -0.1) is 0 Å². The highest BCUT2D eigenvalue weighted by atomic mass is 15.3. The fourth-order valence-electron chi connectivity index (χ4n) is 1.69. The van der Waals surface area contributed by atoms with Crippen molar-refractivity contribution >= 4 is 6.72 Å². The van der Waals surface area contributed by atoms with Crippen molar-refractivity contribution in [3.05, 3.63) is 60.1 Å². The molecule has 0 saturated carbocycles. The van der Waals surface area contributed by atoms with Crippen LogP contribution in [0.1, 0.15) is 12.5 Å². The lowest BCUT2D eigenvalue weighted by Crippen LogP contribution is -1.96. The standard InChI is InChI=1S/C14H15N3/c1-3-13(15-2)10-12-6-4-7-14(11-12)17-9-5-8-16-17/h3-9,11H,2,10H2,1H3/b13-3-. The highest BCUT2D eigenvalue weighted by Crippen LogP contribution is 2.13. The van der Waals surface area contributed by atoms with Crippen molar-refractivity contribution in [1.82, 2.24) is 9.78 Å². The largest absolute Gasteiger partial charge is 0.269 e. The molecule has 1 aromatic carbocycles. The lowest BCUT2D eigenvalue weighted by Gasteiger charge is -2.05. The van der Waals surface area contributed by atoms with Gasteiger partial charge in [0.15, 0.2) is 0 Å². The molecule has 0 aliphatic heterocycles. The fraction of sp³-hybridized carbons (Fsp3) is 0.143. The van der Waals surface area contributed by atoms with Crippen LogP contribution in [0.4, 0.5) is 0 Å². The Hall–Kier alpha value is -2.16. The Morgan fingerprint density at radius 1 is 1.47 bits per heavy atom. The van der Waals surface area contributed by atoms with Crippen molar-refractivity contribution in [2.45, 2.75) is 13.3 Å². The minimum Gasteiger partial charge on any atom is -0.269 e. The average molecular weight is 225 g/mol. The van der Waals surface area contributed by atoms with Gasteiger partial charge in [-0.05, 0) is 37.4 Å². The van der Waals surface area contributed by atoms with Gasteiger partial charge in [0, 0.05) is 24.5 Å². The molecule has 0 saturated heterocycles. The van der Waals surface area contributed by atoms with E-state index in [1.165, 1.54) is 5.56 Å². The summed E-state index contributed by atoms with van der Waals surface area (Å²) >= 11 is 0. The van der Waals surface area contributed by atoms with Gasteiger partial charge in [0.05, 0.1) is 5.69 Å². The summed E-state index contributed by atoms with van der Waals surface area (Å²) < 4.78 is 1.85. The lowest BCUT2D eigenvalue weighted by molar-refractivity contribution is 0.877. The van der Waals surface area contributed by atoms with Crippen molar-refractivity contribution in [1.29, 1.82) is 0 Å². The first-order chi connectivity index (χ1) is 8.33. The molecule has 0 N–H and O–H groups in total. The highest BCUT2D eigenvalue weighted by Gasteiger charge is 2.00. The molecule has 17 heavy (non-hydrogen) atoms. The Morgan fingerprint density at radius 2 is 2.35 bits per heavy atom. The topological polar surface area (TPSA) is 30.2 Å². The zero-order valence-corrected chi connectivity index (χ0v) is 9.87. The monoisotopic (exact) mass is 225 g/mol. The molecule has 0 amide bonds. The zero-order chi connectivity index (χ0) is 12.1. The van der Waals surface area contributed by atoms with Gasteiger partial charge in [0.25, 0.3) is 0 Å². The second-order valence-electron chi connectivity index (χ2n) is 3.74. The van der Waals surface area contributed by atoms with Crippen LogP contribution < -0.4 is 0 Å². The minimum atomic E-state index is 0.801. The highest BCUT2D eigenvalue weighted by molar-refractivity contribution is 5.38. The summed E-state index contributed by atoms with van der Waals surface area (Å²) in [6, 6.07) is 10.2. The van der Waals surface area contributed by atoms with E-state index in [1.54, 1.807) is 6.20 Å². The molecule has 0 unspecified atom stereocenters. The Labute approximate surface area is 101 Å². The first-order valence-electron chi connectivity index (χ1n) is 5.54. The Kier molecular flexibility index (Phi) is 3.50. The molecule has 1 aromatic heterocycles. The maximum atomic E-state index is 4.21. The van der Waals surface area contributed by atoms with Crippen molar-refractivity contribution in [3.8, 4) is 5.69 Å². The molecule has 86 valence electrons. The molecule has 0 fully saturated rings. The summed E-state index contributed by atoms with van der Waals surface area (Å²) in [6.45, 7) is 5.54. The number of rotatable bonds is 4. The van der Waals surface area contributed by atoms with E-state index in [4.69, 9.17) is 0 Å². The van der Waals surface area contributed by atoms with E-state index in [-0.39, 0.29) is 0 Å². The average Bonchev–Trinajstić information content (AvgIpc) is 2.90. The quantitative estimate of drug-likeness (QED) is 0.736. The Balaban J connectivity index is 2.26. The van der Waals surface area contributed by atoms with Crippen LogP contribution in [0.2, 0.25) is 0 Å². The van der Waals surface area contributed by atoms with E-state index in [2.05, 4.69) is 28.9 Å². The maximum Gasteiger partial charge on any atom is 0.0648 e. The molecular weight excluding hydrogens is 210 g/mol. The van der Waals surface area contributed by atoms with Crippen LogP contribution in [-0.4, -0.2) is 16.5 Å². The first kappa shape index (κ1) is 11.3. The summed E-state index contributed by atoms with van der Waals surface area (Å²) in [5.41, 5.74) is 3.26. The summed E-state index contributed by atoms with van der Waals surface area (Å²) in [5.74, 6) is 0. The molecule has 0 aliphatic rings. The minimum absolute atomic E-state index is 0.801. The molecule has 2 rings (SSSR count). The van der Waals surface area contributed by atoms with E-state index in [9.17, 15) is 0 Å². The van der Waals surface area contributed by atoms with Crippen molar-refractivity contribution in [2.24, 2.45) is 4.99 Å².